The van der Waals surface area contributed by atoms with Crippen molar-refractivity contribution in [2.24, 2.45) is 5.92 Å². The van der Waals surface area contributed by atoms with Crippen LogP contribution in [-0.2, 0) is 13.0 Å². The Labute approximate surface area is 181 Å². The zero-order valence-corrected chi connectivity index (χ0v) is 18.0. The summed E-state index contributed by atoms with van der Waals surface area (Å²) in [5.41, 5.74) is 4.88. The third-order valence-electron chi connectivity index (χ3n) is 6.68. The Morgan fingerprint density at radius 2 is 2.03 bits per heavy atom. The van der Waals surface area contributed by atoms with Crippen molar-refractivity contribution in [2.45, 2.75) is 51.1 Å². The van der Waals surface area contributed by atoms with Crippen LogP contribution in [0, 0.1) is 5.92 Å². The average molecular weight is 421 g/mol. The van der Waals surface area contributed by atoms with Gasteiger partial charge in [0.1, 0.15) is 0 Å². The first-order chi connectivity index (χ1) is 14.8. The number of fused-ring (bicyclic) bond motifs is 2. The minimum absolute atomic E-state index is 0.0319. The molecule has 1 aliphatic carbocycles. The molecule has 0 saturated heterocycles. The van der Waals surface area contributed by atoms with Gasteiger partial charge < -0.3 is 5.32 Å². The molecule has 2 aromatic heterocycles. The van der Waals surface area contributed by atoms with Crippen molar-refractivity contribution in [2.75, 3.05) is 13.1 Å². The van der Waals surface area contributed by atoms with Crippen molar-refractivity contribution in [3.05, 3.63) is 58.2 Å². The van der Waals surface area contributed by atoms with Crippen LogP contribution in [0.25, 0.3) is 10.9 Å². The molecule has 0 radical (unpaired) electrons. The van der Waals surface area contributed by atoms with E-state index < -0.39 is 0 Å². The monoisotopic (exact) mass is 420 g/mol. The summed E-state index contributed by atoms with van der Waals surface area (Å²) >= 11 is 1.80. The topological polar surface area (TPSA) is 58.1 Å². The molecule has 0 bridgehead atoms. The van der Waals surface area contributed by atoms with Crippen molar-refractivity contribution < 1.29 is 4.79 Å². The first-order valence-corrected chi connectivity index (χ1v) is 11.9. The Bertz CT molecular complexity index is 1020. The lowest BCUT2D eigenvalue weighted by Crippen LogP contribution is -2.38. The Morgan fingerprint density at radius 1 is 1.13 bits per heavy atom. The van der Waals surface area contributed by atoms with Gasteiger partial charge in [-0.25, -0.2) is 4.98 Å². The summed E-state index contributed by atoms with van der Waals surface area (Å²) in [6, 6.07) is 9.92. The number of aromatic nitrogens is 2. The number of nitrogens with one attached hydrogen (secondary N) is 1. The number of hydrogen-bond donors (Lipinski definition) is 1. The smallest absolute Gasteiger partial charge is 0.252 e. The van der Waals surface area contributed by atoms with E-state index in [1.807, 2.05) is 35.8 Å². The quantitative estimate of drug-likeness (QED) is 0.663. The molecule has 6 heteroatoms. The van der Waals surface area contributed by atoms with Crippen LogP contribution >= 0.6 is 11.3 Å². The van der Waals surface area contributed by atoms with Crippen molar-refractivity contribution in [3.8, 4) is 0 Å². The van der Waals surface area contributed by atoms with E-state index >= 15 is 0 Å². The molecular weight excluding hydrogens is 392 g/mol. The van der Waals surface area contributed by atoms with Gasteiger partial charge >= 0.3 is 0 Å². The molecule has 1 aromatic carbocycles. The van der Waals surface area contributed by atoms with Crippen LogP contribution in [0.15, 0.2) is 42.0 Å². The van der Waals surface area contributed by atoms with E-state index in [2.05, 4.69) is 20.2 Å². The van der Waals surface area contributed by atoms with Crippen molar-refractivity contribution in [3.63, 3.8) is 0 Å². The van der Waals surface area contributed by atoms with Crippen LogP contribution < -0.4 is 5.32 Å². The van der Waals surface area contributed by atoms with Gasteiger partial charge in [0, 0.05) is 41.2 Å². The van der Waals surface area contributed by atoms with Crippen LogP contribution in [0.5, 0.6) is 0 Å². The van der Waals surface area contributed by atoms with Crippen LogP contribution in [0.4, 0.5) is 0 Å². The Morgan fingerprint density at radius 3 is 2.93 bits per heavy atom. The normalized spacial score (nSPS) is 22.0. The molecule has 3 aromatic rings. The van der Waals surface area contributed by atoms with Gasteiger partial charge in [-0.2, -0.15) is 0 Å². The highest BCUT2D eigenvalue weighted by atomic mass is 32.1. The molecule has 0 atom stereocenters. The standard InChI is InChI=1S/C24H28N4OS/c29-24(20-3-1-5-21-19(20)4-2-12-25-21)27-18-8-6-17(7-9-18)10-13-28-14-11-23-22(15-28)26-16-30-23/h1-5,12,16-18H,6-11,13-15H2,(H,27,29)/t17-,18-. The maximum Gasteiger partial charge on any atom is 0.252 e. The van der Waals surface area contributed by atoms with Crippen LogP contribution in [0.1, 0.15) is 53.0 Å². The van der Waals surface area contributed by atoms with Crippen molar-refractivity contribution in [1.29, 1.82) is 0 Å². The number of carbonyl (C=O) groups excluding carboxylic acids is 1. The molecule has 5 nitrogen and oxygen atoms in total. The number of rotatable bonds is 5. The summed E-state index contributed by atoms with van der Waals surface area (Å²) in [7, 11) is 0. The predicted molar refractivity (Wildman–Crippen MR) is 121 cm³/mol. The third kappa shape index (κ3) is 4.25. The molecule has 1 amide bonds. The Hall–Kier alpha value is -2.31. The molecule has 5 rings (SSSR count). The number of amides is 1. The van der Waals surface area contributed by atoms with Gasteiger partial charge in [-0.3, -0.25) is 14.7 Å². The van der Waals surface area contributed by atoms with Crippen LogP contribution in [0.2, 0.25) is 0 Å². The maximum absolute atomic E-state index is 12.9. The molecule has 1 saturated carbocycles. The molecule has 0 spiro atoms. The molecule has 30 heavy (non-hydrogen) atoms. The third-order valence-corrected chi connectivity index (χ3v) is 7.61. The van der Waals surface area contributed by atoms with Crippen molar-refractivity contribution >= 4 is 28.1 Å². The second-order valence-electron chi connectivity index (χ2n) is 8.60. The van der Waals surface area contributed by atoms with Gasteiger partial charge in [0.2, 0.25) is 0 Å². The van der Waals surface area contributed by atoms with Gasteiger partial charge in [0.05, 0.1) is 16.7 Å². The summed E-state index contributed by atoms with van der Waals surface area (Å²) in [6.45, 7) is 3.35. The fourth-order valence-electron chi connectivity index (χ4n) is 4.89. The molecule has 2 aliphatic rings. The summed E-state index contributed by atoms with van der Waals surface area (Å²) in [4.78, 5) is 25.8. The Balaban J connectivity index is 1.10. The van der Waals surface area contributed by atoms with E-state index in [4.69, 9.17) is 0 Å². The zero-order valence-electron chi connectivity index (χ0n) is 17.2. The largest absolute Gasteiger partial charge is 0.349 e. The first kappa shape index (κ1) is 19.6. The first-order valence-electron chi connectivity index (χ1n) is 11.0. The van der Waals surface area contributed by atoms with E-state index in [-0.39, 0.29) is 11.9 Å². The summed E-state index contributed by atoms with van der Waals surface area (Å²) in [6.07, 6.45) is 8.75. The molecule has 3 heterocycles. The van der Waals surface area contributed by atoms with Gasteiger partial charge in [0.15, 0.2) is 0 Å². The number of nitrogens with zero attached hydrogens (tertiary/aromatic N) is 3. The Kier molecular flexibility index (Phi) is 5.77. The predicted octanol–water partition coefficient (Wildman–Crippen LogP) is 4.43. The summed E-state index contributed by atoms with van der Waals surface area (Å²) < 4.78 is 0. The van der Waals surface area contributed by atoms with E-state index in [1.54, 1.807) is 17.5 Å². The molecule has 0 unspecified atom stereocenters. The highest BCUT2D eigenvalue weighted by Gasteiger charge is 2.25. The van der Waals surface area contributed by atoms with E-state index in [9.17, 15) is 4.79 Å². The van der Waals surface area contributed by atoms with Gasteiger partial charge in [-0.1, -0.05) is 12.1 Å². The molecule has 1 N–H and O–H groups in total. The fraction of sp³-hybridized carbons (Fsp3) is 0.458. The zero-order chi connectivity index (χ0) is 20.3. The second-order valence-corrected chi connectivity index (χ2v) is 9.54. The fourth-order valence-corrected chi connectivity index (χ4v) is 5.66. The minimum atomic E-state index is 0.0319. The van der Waals surface area contributed by atoms with E-state index in [0.717, 1.165) is 48.2 Å². The minimum Gasteiger partial charge on any atom is -0.349 e. The number of hydrogen-bond acceptors (Lipinski definition) is 5. The van der Waals surface area contributed by atoms with E-state index in [1.165, 1.54) is 42.9 Å². The highest BCUT2D eigenvalue weighted by Crippen LogP contribution is 2.29. The lowest BCUT2D eigenvalue weighted by atomic mass is 9.84. The summed E-state index contributed by atoms with van der Waals surface area (Å²) in [5, 5.41) is 4.20. The lowest BCUT2D eigenvalue weighted by Gasteiger charge is -2.32. The molecule has 1 aliphatic heterocycles. The number of pyridine rings is 1. The second kappa shape index (κ2) is 8.82. The molecular formula is C24H28N4OS. The van der Waals surface area contributed by atoms with Crippen LogP contribution in [-0.4, -0.2) is 39.9 Å². The van der Waals surface area contributed by atoms with Gasteiger partial charge in [-0.05, 0) is 69.2 Å². The molecule has 156 valence electrons. The lowest BCUT2D eigenvalue weighted by molar-refractivity contribution is 0.0921. The van der Waals surface area contributed by atoms with Crippen molar-refractivity contribution in [1.82, 2.24) is 20.2 Å². The number of benzene rings is 1. The van der Waals surface area contributed by atoms with Gasteiger partial charge in [-0.15, -0.1) is 11.3 Å². The van der Waals surface area contributed by atoms with Crippen LogP contribution in [0.3, 0.4) is 0 Å². The van der Waals surface area contributed by atoms with E-state index in [0.29, 0.717) is 0 Å². The maximum atomic E-state index is 12.9. The number of carbonyl (C=O) groups is 1. The number of thiazole rings is 1. The molecule has 1 fully saturated rings. The average Bonchev–Trinajstić information content (AvgIpc) is 3.26. The SMILES string of the molecule is O=C(N[C@H]1CC[C@H](CCN2CCc3scnc3C2)CC1)c1cccc2ncccc12. The van der Waals surface area contributed by atoms with Gasteiger partial charge in [0.25, 0.3) is 5.91 Å². The highest BCUT2D eigenvalue weighted by molar-refractivity contribution is 7.09. The summed E-state index contributed by atoms with van der Waals surface area (Å²) in [5.74, 6) is 0.807.